The third-order valence-electron chi connectivity index (χ3n) is 3.74. The zero-order valence-electron chi connectivity index (χ0n) is 11.5. The molecule has 2 N–H and O–H groups in total. The van der Waals surface area contributed by atoms with E-state index in [1.54, 1.807) is 19.1 Å². The molecule has 1 saturated heterocycles. The summed E-state index contributed by atoms with van der Waals surface area (Å²) in [5.41, 5.74) is 6.77. The SMILES string of the molecule is Cc1cc(C#N)ccc1S(=O)(=O)N1CCCC[C@H]1CN. The van der Waals surface area contributed by atoms with Crippen LogP contribution >= 0.6 is 0 Å². The largest absolute Gasteiger partial charge is 0.329 e. The van der Waals surface area contributed by atoms with Crippen molar-refractivity contribution in [1.82, 2.24) is 4.31 Å². The van der Waals surface area contributed by atoms with Crippen molar-refractivity contribution in [3.63, 3.8) is 0 Å². The highest BCUT2D eigenvalue weighted by Gasteiger charge is 2.33. The lowest BCUT2D eigenvalue weighted by atomic mass is 10.1. The summed E-state index contributed by atoms with van der Waals surface area (Å²) in [4.78, 5) is 0.275. The lowest BCUT2D eigenvalue weighted by molar-refractivity contribution is 0.257. The standard InChI is InChI=1S/C14H19N3O2S/c1-11-8-12(9-15)5-6-14(11)20(18,19)17-7-3-2-4-13(17)10-16/h5-6,8,13H,2-4,7,10,16H2,1H3/t13-/m0/s1. The van der Waals surface area contributed by atoms with Gasteiger partial charge in [-0.15, -0.1) is 0 Å². The van der Waals surface area contributed by atoms with Crippen molar-refractivity contribution >= 4 is 10.0 Å². The molecule has 1 heterocycles. The van der Waals surface area contributed by atoms with Crippen LogP contribution in [0.25, 0.3) is 0 Å². The highest BCUT2D eigenvalue weighted by Crippen LogP contribution is 2.27. The van der Waals surface area contributed by atoms with Crippen molar-refractivity contribution in [3.05, 3.63) is 29.3 Å². The molecular weight excluding hydrogens is 274 g/mol. The highest BCUT2D eigenvalue weighted by atomic mass is 32.2. The Hall–Kier alpha value is -1.42. The van der Waals surface area contributed by atoms with Crippen LogP contribution in [-0.2, 0) is 10.0 Å². The Labute approximate surface area is 120 Å². The van der Waals surface area contributed by atoms with Gasteiger partial charge in [-0.25, -0.2) is 8.42 Å². The van der Waals surface area contributed by atoms with Crippen molar-refractivity contribution in [2.24, 2.45) is 5.73 Å². The van der Waals surface area contributed by atoms with Gasteiger partial charge in [-0.1, -0.05) is 6.42 Å². The third-order valence-corrected chi connectivity index (χ3v) is 5.85. The van der Waals surface area contributed by atoms with Gasteiger partial charge in [0.25, 0.3) is 0 Å². The number of nitrogens with zero attached hydrogens (tertiary/aromatic N) is 2. The zero-order valence-corrected chi connectivity index (χ0v) is 12.4. The quantitative estimate of drug-likeness (QED) is 0.911. The smallest absolute Gasteiger partial charge is 0.243 e. The predicted molar refractivity (Wildman–Crippen MR) is 76.5 cm³/mol. The fraction of sp³-hybridized carbons (Fsp3) is 0.500. The average molecular weight is 293 g/mol. The van der Waals surface area contributed by atoms with Crippen molar-refractivity contribution in [2.75, 3.05) is 13.1 Å². The molecule has 1 aliphatic rings. The minimum Gasteiger partial charge on any atom is -0.329 e. The van der Waals surface area contributed by atoms with E-state index in [0.717, 1.165) is 19.3 Å². The summed E-state index contributed by atoms with van der Waals surface area (Å²) in [5.74, 6) is 0. The van der Waals surface area contributed by atoms with Gasteiger partial charge in [-0.05, 0) is 43.5 Å². The maximum absolute atomic E-state index is 12.8. The first-order chi connectivity index (χ1) is 9.50. The Morgan fingerprint density at radius 3 is 2.80 bits per heavy atom. The second kappa shape index (κ2) is 5.92. The molecular formula is C14H19N3O2S. The number of aryl methyl sites for hydroxylation is 1. The minimum atomic E-state index is -3.54. The first-order valence-electron chi connectivity index (χ1n) is 6.73. The molecule has 0 amide bonds. The van der Waals surface area contributed by atoms with Crippen molar-refractivity contribution in [2.45, 2.75) is 37.1 Å². The minimum absolute atomic E-state index is 0.121. The van der Waals surface area contributed by atoms with Crippen LogP contribution in [0.1, 0.15) is 30.4 Å². The van der Waals surface area contributed by atoms with Gasteiger partial charge in [0, 0.05) is 19.1 Å². The van der Waals surface area contributed by atoms with Crippen LogP contribution in [0.3, 0.4) is 0 Å². The number of hydrogen-bond donors (Lipinski definition) is 1. The second-order valence-corrected chi connectivity index (χ2v) is 6.95. The molecule has 0 saturated carbocycles. The Kier molecular flexibility index (Phi) is 4.43. The summed E-state index contributed by atoms with van der Waals surface area (Å²) in [6.45, 7) is 2.58. The lowest BCUT2D eigenvalue weighted by Gasteiger charge is -2.34. The fourth-order valence-corrected chi connectivity index (χ4v) is 4.57. The molecule has 0 unspecified atom stereocenters. The molecule has 0 radical (unpaired) electrons. The molecule has 0 bridgehead atoms. The predicted octanol–water partition coefficient (Wildman–Crippen LogP) is 1.37. The lowest BCUT2D eigenvalue weighted by Crippen LogP contribution is -2.47. The van der Waals surface area contributed by atoms with Crippen LogP contribution in [0.2, 0.25) is 0 Å². The second-order valence-electron chi connectivity index (χ2n) is 5.09. The van der Waals surface area contributed by atoms with Crippen LogP contribution < -0.4 is 5.73 Å². The Morgan fingerprint density at radius 1 is 1.45 bits per heavy atom. The van der Waals surface area contributed by atoms with E-state index in [-0.39, 0.29) is 10.9 Å². The number of nitrogens with two attached hydrogens (primary N) is 1. The van der Waals surface area contributed by atoms with Gasteiger partial charge in [0.1, 0.15) is 0 Å². The number of piperidine rings is 1. The number of hydrogen-bond acceptors (Lipinski definition) is 4. The molecule has 2 rings (SSSR count). The molecule has 5 nitrogen and oxygen atoms in total. The van der Waals surface area contributed by atoms with Crippen molar-refractivity contribution in [3.8, 4) is 6.07 Å². The number of benzene rings is 1. The van der Waals surface area contributed by atoms with Gasteiger partial charge in [-0.2, -0.15) is 9.57 Å². The Bertz CT molecular complexity index is 634. The topological polar surface area (TPSA) is 87.2 Å². The molecule has 1 atom stereocenters. The van der Waals surface area contributed by atoms with Gasteiger partial charge < -0.3 is 5.73 Å². The molecule has 0 aliphatic carbocycles. The Balaban J connectivity index is 2.42. The summed E-state index contributed by atoms with van der Waals surface area (Å²) in [6, 6.07) is 6.56. The number of rotatable bonds is 3. The molecule has 1 fully saturated rings. The van der Waals surface area contributed by atoms with Crippen LogP contribution in [0.4, 0.5) is 0 Å². The number of nitriles is 1. The molecule has 0 aromatic heterocycles. The molecule has 1 aromatic rings. The van der Waals surface area contributed by atoms with Crippen molar-refractivity contribution in [1.29, 1.82) is 5.26 Å². The van der Waals surface area contributed by atoms with Gasteiger partial charge in [0.2, 0.25) is 10.0 Å². The van der Waals surface area contributed by atoms with Gasteiger partial charge in [0.05, 0.1) is 16.5 Å². The number of sulfonamides is 1. The van der Waals surface area contributed by atoms with E-state index in [1.165, 1.54) is 10.4 Å². The first-order valence-corrected chi connectivity index (χ1v) is 8.17. The summed E-state index contributed by atoms with van der Waals surface area (Å²) in [6.07, 6.45) is 2.69. The van der Waals surface area contributed by atoms with E-state index in [1.807, 2.05) is 6.07 Å². The first kappa shape index (κ1) is 15.0. The van der Waals surface area contributed by atoms with E-state index in [9.17, 15) is 8.42 Å². The maximum Gasteiger partial charge on any atom is 0.243 e. The van der Waals surface area contributed by atoms with E-state index >= 15 is 0 Å². The summed E-state index contributed by atoms with van der Waals surface area (Å²) >= 11 is 0. The Morgan fingerprint density at radius 2 is 2.20 bits per heavy atom. The molecule has 6 heteroatoms. The molecule has 1 aliphatic heterocycles. The van der Waals surface area contributed by atoms with E-state index in [0.29, 0.717) is 24.2 Å². The summed E-state index contributed by atoms with van der Waals surface area (Å²) in [7, 11) is -3.54. The van der Waals surface area contributed by atoms with E-state index in [4.69, 9.17) is 11.0 Å². The summed E-state index contributed by atoms with van der Waals surface area (Å²) < 4.78 is 27.0. The molecule has 0 spiro atoms. The molecule has 108 valence electrons. The fourth-order valence-electron chi connectivity index (χ4n) is 2.66. The van der Waals surface area contributed by atoms with Gasteiger partial charge in [0.15, 0.2) is 0 Å². The van der Waals surface area contributed by atoms with E-state index < -0.39 is 10.0 Å². The third kappa shape index (κ3) is 2.70. The monoisotopic (exact) mass is 293 g/mol. The van der Waals surface area contributed by atoms with Crippen molar-refractivity contribution < 1.29 is 8.42 Å². The van der Waals surface area contributed by atoms with Gasteiger partial charge in [-0.3, -0.25) is 0 Å². The molecule has 1 aromatic carbocycles. The van der Waals surface area contributed by atoms with Crippen LogP contribution in [0.15, 0.2) is 23.1 Å². The summed E-state index contributed by atoms with van der Waals surface area (Å²) in [5, 5.41) is 8.86. The van der Waals surface area contributed by atoms with Crippen LogP contribution in [0.5, 0.6) is 0 Å². The maximum atomic E-state index is 12.8. The van der Waals surface area contributed by atoms with Gasteiger partial charge >= 0.3 is 0 Å². The zero-order chi connectivity index (χ0) is 14.8. The average Bonchev–Trinajstić information content (AvgIpc) is 2.46. The highest BCUT2D eigenvalue weighted by molar-refractivity contribution is 7.89. The molecule has 20 heavy (non-hydrogen) atoms. The van der Waals surface area contributed by atoms with Crippen LogP contribution in [-0.4, -0.2) is 31.9 Å². The normalized spacial score (nSPS) is 20.6. The van der Waals surface area contributed by atoms with Crippen LogP contribution in [0, 0.1) is 18.3 Å². The van der Waals surface area contributed by atoms with E-state index in [2.05, 4.69) is 0 Å².